The highest BCUT2D eigenvalue weighted by molar-refractivity contribution is 7.51. The Morgan fingerprint density at radius 3 is 2.22 bits per heavy atom. The Kier molecular flexibility index (Phi) is 14.0. The van der Waals surface area contributed by atoms with E-state index >= 15 is 0 Å². The first-order chi connectivity index (χ1) is 23.6. The van der Waals surface area contributed by atoms with Gasteiger partial charge in [-0.1, -0.05) is 5.92 Å². The van der Waals surface area contributed by atoms with Crippen molar-refractivity contribution in [3.8, 4) is 12.3 Å². The molecule has 17 nitrogen and oxygen atoms in total. The van der Waals surface area contributed by atoms with E-state index in [0.29, 0.717) is 69.7 Å². The highest BCUT2D eigenvalue weighted by Gasteiger charge is 2.48. The van der Waals surface area contributed by atoms with Crippen molar-refractivity contribution in [3.05, 3.63) is 11.5 Å². The van der Waals surface area contributed by atoms with Gasteiger partial charge in [0, 0.05) is 18.5 Å². The number of aromatic nitrogens is 4. The molecule has 2 aromatic rings. The first-order valence-electron chi connectivity index (χ1n) is 16.2. The van der Waals surface area contributed by atoms with Crippen LogP contribution in [-0.2, 0) is 37.7 Å². The predicted molar refractivity (Wildman–Crippen MR) is 174 cm³/mol. The summed E-state index contributed by atoms with van der Waals surface area (Å²) in [5, 5.41) is 26.2. The minimum absolute atomic E-state index is 0.00181. The molecule has 274 valence electrons. The van der Waals surface area contributed by atoms with Crippen LogP contribution in [-0.4, -0.2) is 150 Å². The SMILES string of the molecule is C#CCOCCOCCOCCOCCOC1CCC2(CC1)CN(c1nc(Cl)nc3c1cnn3[C@@H]1O[C@H](COCP(=O)(O)O)[C@@H](O)[C@H]1O)C2. The van der Waals surface area contributed by atoms with Crippen molar-refractivity contribution in [1.82, 2.24) is 19.7 Å². The van der Waals surface area contributed by atoms with E-state index in [1.165, 1.54) is 4.68 Å². The lowest BCUT2D eigenvalue weighted by Gasteiger charge is -2.54. The highest BCUT2D eigenvalue weighted by atomic mass is 35.5. The molecule has 5 rings (SSSR count). The zero-order valence-corrected chi connectivity index (χ0v) is 28.8. The number of terminal acetylenes is 1. The van der Waals surface area contributed by atoms with E-state index < -0.39 is 38.5 Å². The van der Waals surface area contributed by atoms with Crippen LogP contribution in [0.3, 0.4) is 0 Å². The molecule has 19 heteroatoms. The zero-order valence-electron chi connectivity index (χ0n) is 27.2. The van der Waals surface area contributed by atoms with Gasteiger partial charge in [0.05, 0.1) is 77.1 Å². The topological polar surface area (TPSA) is 209 Å². The summed E-state index contributed by atoms with van der Waals surface area (Å²) >= 11 is 6.33. The lowest BCUT2D eigenvalue weighted by Crippen LogP contribution is -2.58. The molecule has 2 aromatic heterocycles. The average Bonchev–Trinajstić information content (AvgIpc) is 3.59. The van der Waals surface area contributed by atoms with Crippen LogP contribution >= 0.6 is 19.2 Å². The molecule has 0 aromatic carbocycles. The molecular formula is C30H45ClN5O12P. The second-order valence-electron chi connectivity index (χ2n) is 12.4. The third kappa shape index (κ3) is 10.5. The van der Waals surface area contributed by atoms with Crippen LogP contribution in [0.15, 0.2) is 6.20 Å². The number of anilines is 1. The highest BCUT2D eigenvalue weighted by Crippen LogP contribution is 2.47. The Morgan fingerprint density at radius 1 is 0.959 bits per heavy atom. The summed E-state index contributed by atoms with van der Waals surface area (Å²) in [5.74, 6) is 3.02. The Bertz CT molecular complexity index is 1430. The van der Waals surface area contributed by atoms with E-state index in [1.807, 2.05) is 0 Å². The Morgan fingerprint density at radius 2 is 1.59 bits per heavy atom. The Labute approximate surface area is 289 Å². The second kappa shape index (κ2) is 18.0. The molecule has 49 heavy (non-hydrogen) atoms. The number of hydrogen-bond acceptors (Lipinski definition) is 14. The number of hydrogen-bond donors (Lipinski definition) is 4. The van der Waals surface area contributed by atoms with E-state index in [1.54, 1.807) is 6.20 Å². The van der Waals surface area contributed by atoms with Crippen molar-refractivity contribution in [2.45, 2.75) is 56.3 Å². The third-order valence-corrected chi connectivity index (χ3v) is 9.44. The fourth-order valence-corrected chi connectivity index (χ4v) is 6.84. The smallest absolute Gasteiger partial charge is 0.350 e. The van der Waals surface area contributed by atoms with Crippen molar-refractivity contribution in [1.29, 1.82) is 0 Å². The lowest BCUT2D eigenvalue weighted by atomic mass is 9.68. The first kappa shape index (κ1) is 38.2. The van der Waals surface area contributed by atoms with E-state index in [9.17, 15) is 14.8 Å². The van der Waals surface area contributed by atoms with Crippen LogP contribution in [0.1, 0.15) is 31.9 Å². The van der Waals surface area contributed by atoms with Crippen LogP contribution in [0.5, 0.6) is 0 Å². The van der Waals surface area contributed by atoms with Gasteiger partial charge in [-0.2, -0.15) is 15.1 Å². The van der Waals surface area contributed by atoms with Crippen molar-refractivity contribution in [2.24, 2.45) is 5.41 Å². The maximum atomic E-state index is 11.1. The van der Waals surface area contributed by atoms with Crippen LogP contribution in [0.4, 0.5) is 5.82 Å². The van der Waals surface area contributed by atoms with Gasteiger partial charge >= 0.3 is 7.60 Å². The van der Waals surface area contributed by atoms with Gasteiger partial charge in [0.2, 0.25) is 5.28 Å². The van der Waals surface area contributed by atoms with Gasteiger partial charge in [0.1, 0.15) is 37.1 Å². The van der Waals surface area contributed by atoms with Gasteiger partial charge < -0.3 is 58.1 Å². The predicted octanol–water partition coefficient (Wildman–Crippen LogP) is 0.716. The van der Waals surface area contributed by atoms with Gasteiger partial charge in [-0.05, 0) is 37.3 Å². The molecule has 3 fully saturated rings. The largest absolute Gasteiger partial charge is 0.387 e. The third-order valence-electron chi connectivity index (χ3n) is 8.75. The number of nitrogens with zero attached hydrogens (tertiary/aromatic N) is 5. The summed E-state index contributed by atoms with van der Waals surface area (Å²) in [6, 6.07) is 0. The van der Waals surface area contributed by atoms with Gasteiger partial charge in [-0.25, -0.2) is 4.68 Å². The maximum Gasteiger partial charge on any atom is 0.350 e. The number of halogens is 1. The molecule has 0 unspecified atom stereocenters. The monoisotopic (exact) mass is 733 g/mol. The van der Waals surface area contributed by atoms with E-state index in [0.717, 1.165) is 38.8 Å². The minimum atomic E-state index is -4.40. The summed E-state index contributed by atoms with van der Waals surface area (Å²) in [4.78, 5) is 29.0. The maximum absolute atomic E-state index is 11.1. The lowest BCUT2D eigenvalue weighted by molar-refractivity contribution is -0.0658. The molecule has 1 saturated carbocycles. The molecule has 1 spiro atoms. The number of aliphatic hydroxyl groups excluding tert-OH is 2. The number of fused-ring (bicyclic) bond motifs is 1. The van der Waals surface area contributed by atoms with E-state index in [4.69, 9.17) is 61.0 Å². The van der Waals surface area contributed by atoms with E-state index in [2.05, 4.69) is 25.9 Å². The number of ether oxygens (including phenoxy) is 7. The second-order valence-corrected chi connectivity index (χ2v) is 14.3. The van der Waals surface area contributed by atoms with Crippen LogP contribution in [0.2, 0.25) is 5.28 Å². The van der Waals surface area contributed by atoms with Crippen LogP contribution in [0, 0.1) is 17.8 Å². The van der Waals surface area contributed by atoms with E-state index in [-0.39, 0.29) is 30.0 Å². The minimum Gasteiger partial charge on any atom is -0.387 e. The summed E-state index contributed by atoms with van der Waals surface area (Å²) in [7, 11) is -4.40. The summed E-state index contributed by atoms with van der Waals surface area (Å²) in [6.07, 6.45) is 5.04. The molecule has 3 aliphatic rings. The normalized spacial score (nSPS) is 24.1. The molecular weight excluding hydrogens is 689 g/mol. The quantitative estimate of drug-likeness (QED) is 0.0639. The van der Waals surface area contributed by atoms with Gasteiger partial charge in [0.15, 0.2) is 11.9 Å². The first-order valence-corrected chi connectivity index (χ1v) is 18.4. The van der Waals surface area contributed by atoms with Gasteiger partial charge in [-0.15, -0.1) is 6.42 Å². The average molecular weight is 734 g/mol. The van der Waals surface area contributed by atoms with Gasteiger partial charge in [-0.3, -0.25) is 4.57 Å². The standard InChI is InChI=1S/C30H45ClN5O12P/c1-2-7-42-8-9-43-10-11-44-12-13-45-14-15-47-21-3-5-30(6-4-21)18-35(19-30)26-22-16-32-36(27(22)34-29(31)33-26)28-25(38)24(37)23(48-28)17-46-20-49(39,40)41/h1,16,21,23-25,28,37-38H,3-15,17-20H2,(H2,39,40,41)/t23-,24-,25-,28-/m1/s1. The number of aliphatic hydroxyl groups is 2. The van der Waals surface area contributed by atoms with Crippen LogP contribution < -0.4 is 4.90 Å². The molecule has 2 saturated heterocycles. The summed E-state index contributed by atoms with van der Waals surface area (Å²) in [5.41, 5.74) is 0.475. The Balaban J connectivity index is 1.01. The molecule has 0 bridgehead atoms. The van der Waals surface area contributed by atoms with Crippen LogP contribution in [0.25, 0.3) is 11.0 Å². The summed E-state index contributed by atoms with van der Waals surface area (Å²) in [6.45, 7) is 5.49. The summed E-state index contributed by atoms with van der Waals surface area (Å²) < 4.78 is 50.9. The molecule has 0 amide bonds. The van der Waals surface area contributed by atoms with Crippen molar-refractivity contribution >= 4 is 36.0 Å². The fraction of sp³-hybridized carbons (Fsp3) is 0.767. The zero-order chi connectivity index (χ0) is 34.9. The molecule has 1 aliphatic carbocycles. The Hall–Kier alpha value is -2.01. The molecule has 4 heterocycles. The molecule has 4 atom stereocenters. The van der Waals surface area contributed by atoms with Crippen molar-refractivity contribution in [2.75, 3.05) is 90.4 Å². The fourth-order valence-electron chi connectivity index (χ4n) is 6.33. The van der Waals surface area contributed by atoms with Gasteiger partial charge in [0.25, 0.3) is 0 Å². The van der Waals surface area contributed by atoms with Crippen molar-refractivity contribution in [3.63, 3.8) is 0 Å². The molecule has 2 aliphatic heterocycles. The molecule has 4 N–H and O–H groups in total. The molecule has 0 radical (unpaired) electrons. The number of rotatable bonds is 20. The van der Waals surface area contributed by atoms with Crippen molar-refractivity contribution < 1.29 is 57.7 Å².